The van der Waals surface area contributed by atoms with Crippen molar-refractivity contribution in [2.24, 2.45) is 0 Å². The van der Waals surface area contributed by atoms with Gasteiger partial charge in [-0.2, -0.15) is 0 Å². The summed E-state index contributed by atoms with van der Waals surface area (Å²) >= 11 is 6.43. The van der Waals surface area contributed by atoms with Gasteiger partial charge in [-0.3, -0.25) is 0 Å². The van der Waals surface area contributed by atoms with Crippen molar-refractivity contribution < 1.29 is 0 Å². The molecule has 0 saturated carbocycles. The van der Waals surface area contributed by atoms with E-state index in [2.05, 4.69) is 55.1 Å². The molecule has 1 aromatic rings. The predicted octanol–water partition coefficient (Wildman–Crippen LogP) is 2.98. The van der Waals surface area contributed by atoms with Gasteiger partial charge in [-0.15, -0.1) is 0 Å². The number of benzene rings is 1. The van der Waals surface area contributed by atoms with E-state index in [4.69, 9.17) is 11.6 Å². The van der Waals surface area contributed by atoms with E-state index in [1.807, 2.05) is 6.07 Å². The van der Waals surface area contributed by atoms with Gasteiger partial charge >= 0.3 is 0 Å². The number of nitrogens with zero attached hydrogens (tertiary/aromatic N) is 2. The van der Waals surface area contributed by atoms with Crippen LogP contribution in [0, 0.1) is 0 Å². The summed E-state index contributed by atoms with van der Waals surface area (Å²) in [6, 6.07) is 6.23. The molecule has 0 aromatic heterocycles. The molecular weight excluding hydrogens is 270 g/mol. The molecule has 1 aromatic carbocycles. The molecule has 3 nitrogen and oxygen atoms in total. The maximum absolute atomic E-state index is 6.43. The minimum absolute atomic E-state index is 0.0958. The highest BCUT2D eigenvalue weighted by Gasteiger charge is 2.19. The Morgan fingerprint density at radius 2 is 1.80 bits per heavy atom. The lowest BCUT2D eigenvalue weighted by atomic mass is 10.1. The van der Waals surface area contributed by atoms with E-state index in [9.17, 15) is 0 Å². The van der Waals surface area contributed by atoms with Gasteiger partial charge in [0.1, 0.15) is 0 Å². The highest BCUT2D eigenvalue weighted by Crippen LogP contribution is 2.28. The van der Waals surface area contributed by atoms with Crippen LogP contribution < -0.4 is 10.2 Å². The smallest absolute Gasteiger partial charge is 0.0471 e. The number of rotatable bonds is 3. The van der Waals surface area contributed by atoms with Gasteiger partial charge in [-0.05, 0) is 40.0 Å². The van der Waals surface area contributed by atoms with Crippen molar-refractivity contribution in [1.82, 2.24) is 10.2 Å². The fourth-order valence-electron chi connectivity index (χ4n) is 2.42. The summed E-state index contributed by atoms with van der Waals surface area (Å²) < 4.78 is 0. The molecule has 112 valence electrons. The first-order valence-corrected chi connectivity index (χ1v) is 7.70. The topological polar surface area (TPSA) is 18.5 Å². The van der Waals surface area contributed by atoms with E-state index in [-0.39, 0.29) is 5.54 Å². The van der Waals surface area contributed by atoms with Crippen molar-refractivity contribution in [3.8, 4) is 0 Å². The molecule has 0 spiro atoms. The lowest BCUT2D eigenvalue weighted by molar-refractivity contribution is 0.312. The first-order chi connectivity index (χ1) is 9.37. The molecule has 1 fully saturated rings. The van der Waals surface area contributed by atoms with E-state index < -0.39 is 0 Å². The molecule has 0 amide bonds. The SMILES string of the molecule is CN1CCN(c2cccc(Cl)c2CNC(C)(C)C)CC1. The first-order valence-electron chi connectivity index (χ1n) is 7.33. The second kappa shape index (κ2) is 6.33. The third-order valence-electron chi connectivity index (χ3n) is 3.73. The van der Waals surface area contributed by atoms with Gasteiger partial charge < -0.3 is 15.1 Å². The largest absolute Gasteiger partial charge is 0.369 e. The fourth-order valence-corrected chi connectivity index (χ4v) is 2.66. The van der Waals surface area contributed by atoms with Crippen LogP contribution in [0.3, 0.4) is 0 Å². The molecule has 4 heteroatoms. The Morgan fingerprint density at radius 1 is 1.15 bits per heavy atom. The van der Waals surface area contributed by atoms with Gasteiger partial charge in [-0.1, -0.05) is 17.7 Å². The van der Waals surface area contributed by atoms with Crippen LogP contribution in [0.15, 0.2) is 18.2 Å². The molecule has 1 aliphatic rings. The van der Waals surface area contributed by atoms with Gasteiger partial charge in [0, 0.05) is 54.5 Å². The second-order valence-electron chi connectivity index (χ2n) is 6.63. The number of piperazine rings is 1. The third-order valence-corrected chi connectivity index (χ3v) is 4.09. The van der Waals surface area contributed by atoms with E-state index in [0.29, 0.717) is 0 Å². The Kier molecular flexibility index (Phi) is 4.95. The van der Waals surface area contributed by atoms with Crippen molar-refractivity contribution in [1.29, 1.82) is 0 Å². The number of hydrogen-bond donors (Lipinski definition) is 1. The Balaban J connectivity index is 2.17. The lowest BCUT2D eigenvalue weighted by Gasteiger charge is -2.35. The first kappa shape index (κ1) is 15.6. The van der Waals surface area contributed by atoms with Crippen LogP contribution in [0.25, 0.3) is 0 Å². The quantitative estimate of drug-likeness (QED) is 0.925. The molecule has 1 heterocycles. The van der Waals surface area contributed by atoms with Gasteiger partial charge in [-0.25, -0.2) is 0 Å². The summed E-state index contributed by atoms with van der Waals surface area (Å²) in [5.74, 6) is 0. The number of nitrogens with one attached hydrogen (secondary N) is 1. The summed E-state index contributed by atoms with van der Waals surface area (Å²) in [5.41, 5.74) is 2.59. The van der Waals surface area contributed by atoms with Crippen LogP contribution in [0.5, 0.6) is 0 Å². The van der Waals surface area contributed by atoms with Crippen molar-refractivity contribution in [2.75, 3.05) is 38.1 Å². The number of likely N-dealkylation sites (N-methyl/N-ethyl adjacent to an activating group) is 1. The van der Waals surface area contributed by atoms with Crippen molar-refractivity contribution >= 4 is 17.3 Å². The molecule has 0 unspecified atom stereocenters. The molecule has 20 heavy (non-hydrogen) atoms. The average molecular weight is 296 g/mol. The molecule has 0 bridgehead atoms. The van der Waals surface area contributed by atoms with Crippen LogP contribution in [0.4, 0.5) is 5.69 Å². The average Bonchev–Trinajstić information content (AvgIpc) is 2.37. The minimum Gasteiger partial charge on any atom is -0.369 e. The van der Waals surface area contributed by atoms with Crippen LogP contribution in [0.2, 0.25) is 5.02 Å². The summed E-state index contributed by atoms with van der Waals surface area (Å²) in [6.07, 6.45) is 0. The van der Waals surface area contributed by atoms with Gasteiger partial charge in [0.2, 0.25) is 0 Å². The van der Waals surface area contributed by atoms with E-state index in [1.54, 1.807) is 0 Å². The Hall–Kier alpha value is -0.770. The Morgan fingerprint density at radius 3 is 2.40 bits per heavy atom. The maximum Gasteiger partial charge on any atom is 0.0471 e. The van der Waals surface area contributed by atoms with E-state index >= 15 is 0 Å². The Labute approximate surface area is 127 Å². The van der Waals surface area contributed by atoms with Crippen LogP contribution >= 0.6 is 11.6 Å². The van der Waals surface area contributed by atoms with E-state index in [0.717, 1.165) is 37.7 Å². The highest BCUT2D eigenvalue weighted by atomic mass is 35.5. The van der Waals surface area contributed by atoms with Crippen molar-refractivity contribution in [3.05, 3.63) is 28.8 Å². The second-order valence-corrected chi connectivity index (χ2v) is 7.04. The monoisotopic (exact) mass is 295 g/mol. The summed E-state index contributed by atoms with van der Waals surface area (Å²) in [4.78, 5) is 4.82. The molecule has 0 radical (unpaired) electrons. The summed E-state index contributed by atoms with van der Waals surface area (Å²) in [6.45, 7) is 11.7. The number of hydrogen-bond acceptors (Lipinski definition) is 3. The molecule has 0 atom stereocenters. The fraction of sp³-hybridized carbons (Fsp3) is 0.625. The lowest BCUT2D eigenvalue weighted by Crippen LogP contribution is -2.45. The zero-order valence-corrected chi connectivity index (χ0v) is 13.8. The molecule has 1 saturated heterocycles. The van der Waals surface area contributed by atoms with Gasteiger partial charge in [0.25, 0.3) is 0 Å². The van der Waals surface area contributed by atoms with Crippen LogP contribution in [0.1, 0.15) is 26.3 Å². The normalized spacial score (nSPS) is 17.6. The standard InChI is InChI=1S/C16H26ClN3/c1-16(2,3)18-12-13-14(17)6-5-7-15(13)20-10-8-19(4)9-11-20/h5-7,18H,8-12H2,1-4H3. The van der Waals surface area contributed by atoms with Crippen LogP contribution in [-0.4, -0.2) is 43.7 Å². The molecule has 1 aliphatic heterocycles. The molecule has 1 N–H and O–H groups in total. The minimum atomic E-state index is 0.0958. The van der Waals surface area contributed by atoms with Crippen molar-refractivity contribution in [2.45, 2.75) is 32.9 Å². The zero-order chi connectivity index (χ0) is 14.8. The predicted molar refractivity (Wildman–Crippen MR) is 87.8 cm³/mol. The zero-order valence-electron chi connectivity index (χ0n) is 13.0. The molecule has 2 rings (SSSR count). The summed E-state index contributed by atoms with van der Waals surface area (Å²) in [7, 11) is 2.18. The van der Waals surface area contributed by atoms with Gasteiger partial charge in [0.05, 0.1) is 0 Å². The van der Waals surface area contributed by atoms with E-state index in [1.165, 1.54) is 11.3 Å². The van der Waals surface area contributed by atoms with Gasteiger partial charge in [0.15, 0.2) is 0 Å². The third kappa shape index (κ3) is 4.11. The van der Waals surface area contributed by atoms with Crippen molar-refractivity contribution in [3.63, 3.8) is 0 Å². The maximum atomic E-state index is 6.43. The number of halogens is 1. The van der Waals surface area contributed by atoms with Crippen LogP contribution in [-0.2, 0) is 6.54 Å². The summed E-state index contributed by atoms with van der Waals surface area (Å²) in [5, 5.41) is 4.41. The molecular formula is C16H26ClN3. The molecule has 0 aliphatic carbocycles. The highest BCUT2D eigenvalue weighted by molar-refractivity contribution is 6.31. The Bertz CT molecular complexity index is 446. The number of anilines is 1.